The molecule has 0 amide bonds. The predicted octanol–water partition coefficient (Wildman–Crippen LogP) is 4.09. The number of hydrogen-bond donors (Lipinski definition) is 0. The fraction of sp³-hybridized carbons (Fsp3) is 0.0952. The molecule has 0 aliphatic rings. The summed E-state index contributed by atoms with van der Waals surface area (Å²) in [7, 11) is -0.512. The van der Waals surface area contributed by atoms with Gasteiger partial charge in [-0.05, 0) is 42.5 Å². The number of hydrogen-bond acceptors (Lipinski definition) is 6. The van der Waals surface area contributed by atoms with Crippen molar-refractivity contribution >= 4 is 33.0 Å². The molecule has 4 rings (SSSR count). The average Bonchev–Trinajstić information content (AvgIpc) is 3.37. The van der Waals surface area contributed by atoms with Crippen molar-refractivity contribution in [1.29, 1.82) is 5.26 Å². The van der Waals surface area contributed by atoms with E-state index in [1.807, 2.05) is 12.1 Å². The Labute approximate surface area is 193 Å². The fourth-order valence-corrected chi connectivity index (χ4v) is 5.14. The average molecular weight is 486 g/mol. The van der Waals surface area contributed by atoms with Gasteiger partial charge in [-0.2, -0.15) is 18.8 Å². The molecule has 0 aliphatic heterocycles. The van der Waals surface area contributed by atoms with E-state index in [-0.39, 0.29) is 16.2 Å². The maximum absolute atomic E-state index is 12.7. The fourth-order valence-electron chi connectivity index (χ4n) is 2.96. The first-order chi connectivity index (χ1) is 15.3. The van der Waals surface area contributed by atoms with Crippen molar-refractivity contribution in [1.82, 2.24) is 14.3 Å². The SMILES string of the molecule is Cn1nccc1-c1cc(Cl)ccc1Oc1ccc(S(=O)(=O)N=c2sccn2C)cc1C#N. The highest BCUT2D eigenvalue weighted by Crippen LogP contribution is 2.36. The van der Waals surface area contributed by atoms with Crippen LogP contribution in [-0.2, 0) is 24.1 Å². The summed E-state index contributed by atoms with van der Waals surface area (Å²) in [6.07, 6.45) is 3.36. The van der Waals surface area contributed by atoms with Gasteiger partial charge >= 0.3 is 0 Å². The minimum absolute atomic E-state index is 0.0581. The quantitative estimate of drug-likeness (QED) is 0.423. The molecule has 2 aromatic heterocycles. The Hall–Kier alpha value is -3.39. The van der Waals surface area contributed by atoms with Crippen LogP contribution in [0.4, 0.5) is 0 Å². The number of thiazole rings is 1. The van der Waals surface area contributed by atoms with Crippen LogP contribution in [0.1, 0.15) is 5.56 Å². The summed E-state index contributed by atoms with van der Waals surface area (Å²) in [5.41, 5.74) is 1.50. The smallest absolute Gasteiger partial charge is 0.285 e. The first kappa shape index (κ1) is 21.8. The molecular formula is C21H16ClN5O3S2. The Morgan fingerprint density at radius 2 is 1.94 bits per heavy atom. The van der Waals surface area contributed by atoms with Gasteiger partial charge in [-0.1, -0.05) is 11.6 Å². The van der Waals surface area contributed by atoms with Crippen molar-refractivity contribution in [3.05, 3.63) is 75.6 Å². The van der Waals surface area contributed by atoms with E-state index in [2.05, 4.69) is 9.50 Å². The van der Waals surface area contributed by atoms with Crippen molar-refractivity contribution in [2.75, 3.05) is 0 Å². The number of rotatable bonds is 5. The molecule has 0 saturated heterocycles. The van der Waals surface area contributed by atoms with E-state index in [4.69, 9.17) is 16.3 Å². The van der Waals surface area contributed by atoms with Crippen molar-refractivity contribution < 1.29 is 13.2 Å². The summed E-state index contributed by atoms with van der Waals surface area (Å²) >= 11 is 7.37. The standard InChI is InChI=1S/C21H16ClN5O3S2/c1-26-9-10-31-21(26)25-32(28,29)16-4-6-19(14(11-16)13-23)30-20-5-3-15(22)12-17(20)18-7-8-24-27(18)2/h3-12H,1-2H3. The normalized spacial score (nSPS) is 12.0. The van der Waals surface area contributed by atoms with Crippen LogP contribution in [0, 0.1) is 11.3 Å². The van der Waals surface area contributed by atoms with E-state index in [0.717, 1.165) is 5.69 Å². The molecule has 2 heterocycles. The lowest BCUT2D eigenvalue weighted by atomic mass is 10.1. The second-order valence-electron chi connectivity index (χ2n) is 6.72. The van der Waals surface area contributed by atoms with Crippen molar-refractivity contribution in [2.45, 2.75) is 4.90 Å². The van der Waals surface area contributed by atoms with E-state index in [1.165, 1.54) is 29.5 Å². The number of aryl methyl sites for hydroxylation is 2. The largest absolute Gasteiger partial charge is 0.455 e. The Balaban J connectivity index is 1.74. The molecule has 8 nitrogen and oxygen atoms in total. The lowest BCUT2D eigenvalue weighted by molar-refractivity contribution is 0.481. The van der Waals surface area contributed by atoms with Crippen LogP contribution in [0.15, 0.2) is 69.5 Å². The third kappa shape index (κ3) is 4.31. The van der Waals surface area contributed by atoms with Gasteiger partial charge in [-0.25, -0.2) is 0 Å². The van der Waals surface area contributed by atoms with Crippen LogP contribution in [0.2, 0.25) is 5.02 Å². The monoisotopic (exact) mass is 485 g/mol. The molecule has 162 valence electrons. The zero-order chi connectivity index (χ0) is 22.9. The maximum atomic E-state index is 12.7. The van der Waals surface area contributed by atoms with Crippen molar-refractivity contribution in [2.24, 2.45) is 18.5 Å². The van der Waals surface area contributed by atoms with E-state index in [0.29, 0.717) is 21.1 Å². The molecule has 0 fully saturated rings. The Bertz CT molecular complexity index is 1530. The summed E-state index contributed by atoms with van der Waals surface area (Å²) in [6, 6.07) is 13.0. The predicted molar refractivity (Wildman–Crippen MR) is 121 cm³/mol. The van der Waals surface area contributed by atoms with E-state index in [1.54, 1.807) is 59.3 Å². The van der Waals surface area contributed by atoms with E-state index < -0.39 is 10.0 Å². The van der Waals surface area contributed by atoms with Crippen LogP contribution in [-0.4, -0.2) is 22.8 Å². The maximum Gasteiger partial charge on any atom is 0.285 e. The molecule has 4 aromatic rings. The highest BCUT2D eigenvalue weighted by Gasteiger charge is 2.18. The summed E-state index contributed by atoms with van der Waals surface area (Å²) < 4.78 is 38.6. The molecule has 0 bridgehead atoms. The zero-order valence-electron chi connectivity index (χ0n) is 16.9. The van der Waals surface area contributed by atoms with Gasteiger partial charge in [0.2, 0.25) is 4.80 Å². The van der Waals surface area contributed by atoms with Crippen molar-refractivity contribution in [3.63, 3.8) is 0 Å². The minimum Gasteiger partial charge on any atom is -0.455 e. The molecular weight excluding hydrogens is 470 g/mol. The Kier molecular flexibility index (Phi) is 5.88. The number of halogens is 1. The highest BCUT2D eigenvalue weighted by atomic mass is 35.5. The van der Waals surface area contributed by atoms with E-state index in [9.17, 15) is 13.7 Å². The summed E-state index contributed by atoms with van der Waals surface area (Å²) in [6.45, 7) is 0. The van der Waals surface area contributed by atoms with Crippen molar-refractivity contribution in [3.8, 4) is 28.8 Å². The summed E-state index contributed by atoms with van der Waals surface area (Å²) in [5, 5.41) is 16.1. The van der Waals surface area contributed by atoms with Crippen LogP contribution in [0.25, 0.3) is 11.3 Å². The number of nitriles is 1. The third-order valence-electron chi connectivity index (χ3n) is 4.59. The van der Waals surface area contributed by atoms with Gasteiger partial charge in [-0.3, -0.25) is 4.68 Å². The van der Waals surface area contributed by atoms with Gasteiger partial charge < -0.3 is 9.30 Å². The van der Waals surface area contributed by atoms with Crippen LogP contribution in [0.5, 0.6) is 11.5 Å². The molecule has 0 saturated carbocycles. The van der Waals surface area contributed by atoms with Crippen LogP contribution >= 0.6 is 22.9 Å². The van der Waals surface area contributed by atoms with Gasteiger partial charge in [0, 0.05) is 42.5 Å². The molecule has 0 spiro atoms. The van der Waals surface area contributed by atoms with E-state index >= 15 is 0 Å². The molecule has 2 aromatic carbocycles. The molecule has 11 heteroatoms. The zero-order valence-corrected chi connectivity index (χ0v) is 19.3. The highest BCUT2D eigenvalue weighted by molar-refractivity contribution is 7.90. The Morgan fingerprint density at radius 3 is 2.59 bits per heavy atom. The van der Waals surface area contributed by atoms with Gasteiger partial charge in [0.1, 0.15) is 17.6 Å². The van der Waals surface area contributed by atoms with Gasteiger partial charge in [0.05, 0.1) is 16.2 Å². The molecule has 0 aliphatic carbocycles. The summed E-state index contributed by atoms with van der Waals surface area (Å²) in [4.78, 5) is 0.226. The van der Waals surface area contributed by atoms with Gasteiger partial charge in [-0.15, -0.1) is 15.7 Å². The third-order valence-corrected chi connectivity index (χ3v) is 7.05. The molecule has 32 heavy (non-hydrogen) atoms. The Morgan fingerprint density at radius 1 is 1.16 bits per heavy atom. The first-order valence-corrected chi connectivity index (χ1v) is 11.9. The lowest BCUT2D eigenvalue weighted by Gasteiger charge is -2.13. The van der Waals surface area contributed by atoms with Gasteiger partial charge in [0.25, 0.3) is 10.0 Å². The number of aromatic nitrogens is 3. The number of ether oxygens (including phenoxy) is 1. The number of nitrogens with zero attached hydrogens (tertiary/aromatic N) is 5. The summed E-state index contributed by atoms with van der Waals surface area (Å²) in [5.74, 6) is 0.652. The second-order valence-corrected chi connectivity index (χ2v) is 9.63. The topological polar surface area (TPSA) is 102 Å². The first-order valence-electron chi connectivity index (χ1n) is 9.19. The van der Waals surface area contributed by atoms with Crippen LogP contribution < -0.4 is 9.54 Å². The number of sulfonamides is 1. The molecule has 0 unspecified atom stereocenters. The molecule has 0 N–H and O–H groups in total. The second kappa shape index (κ2) is 8.63. The minimum atomic E-state index is -4.00. The number of benzene rings is 2. The van der Waals surface area contributed by atoms with Gasteiger partial charge in [0.15, 0.2) is 0 Å². The lowest BCUT2D eigenvalue weighted by Crippen LogP contribution is -2.13. The molecule has 0 radical (unpaired) electrons. The van der Waals surface area contributed by atoms with Crippen LogP contribution in [0.3, 0.4) is 0 Å². The molecule has 0 atom stereocenters.